The average molecular weight is 386 g/mol. The van der Waals surface area contributed by atoms with E-state index < -0.39 is 0 Å². The molecular formula is C23H47NOS. The Hall–Kier alpha value is -0.180. The second kappa shape index (κ2) is 22.9. The van der Waals surface area contributed by atoms with Crippen molar-refractivity contribution in [3.8, 4) is 0 Å². The maximum atomic E-state index is 11.7. The number of amides is 1. The summed E-state index contributed by atoms with van der Waals surface area (Å²) in [5.41, 5.74) is 0. The fourth-order valence-corrected chi connectivity index (χ4v) is 3.93. The van der Waals surface area contributed by atoms with Gasteiger partial charge in [-0.05, 0) is 24.3 Å². The summed E-state index contributed by atoms with van der Waals surface area (Å²) in [7, 11) is 0. The number of nitrogens with one attached hydrogen (secondary N) is 1. The molecule has 1 N–H and O–H groups in total. The molecule has 0 unspecified atom stereocenters. The lowest BCUT2D eigenvalue weighted by Gasteiger charge is -2.05. The molecule has 0 aliphatic carbocycles. The molecule has 0 aliphatic rings. The van der Waals surface area contributed by atoms with Crippen molar-refractivity contribution in [2.75, 3.05) is 18.1 Å². The van der Waals surface area contributed by atoms with E-state index in [4.69, 9.17) is 0 Å². The van der Waals surface area contributed by atoms with Gasteiger partial charge in [0.2, 0.25) is 5.91 Å². The van der Waals surface area contributed by atoms with Crippen LogP contribution in [0.1, 0.15) is 123 Å². The molecule has 1 amide bonds. The van der Waals surface area contributed by atoms with Gasteiger partial charge in [0, 0.05) is 13.0 Å². The van der Waals surface area contributed by atoms with Gasteiger partial charge in [0.05, 0.1) is 0 Å². The van der Waals surface area contributed by atoms with Gasteiger partial charge in [-0.25, -0.2) is 0 Å². The number of carbonyl (C=O) groups is 1. The van der Waals surface area contributed by atoms with E-state index in [2.05, 4.69) is 19.2 Å². The van der Waals surface area contributed by atoms with Gasteiger partial charge >= 0.3 is 0 Å². The lowest BCUT2D eigenvalue weighted by Crippen LogP contribution is -2.24. The summed E-state index contributed by atoms with van der Waals surface area (Å²) in [5.74, 6) is 2.59. The molecule has 0 spiro atoms. The minimum Gasteiger partial charge on any atom is -0.356 e. The van der Waals surface area contributed by atoms with Crippen LogP contribution in [0.4, 0.5) is 0 Å². The molecule has 0 aliphatic heterocycles. The molecule has 0 saturated heterocycles. The van der Waals surface area contributed by atoms with Gasteiger partial charge in [-0.1, -0.05) is 104 Å². The monoisotopic (exact) mass is 385 g/mol. The normalized spacial score (nSPS) is 11.0. The van der Waals surface area contributed by atoms with E-state index in [1.165, 1.54) is 95.6 Å². The number of unbranched alkanes of at least 4 members (excludes halogenated alkanes) is 14. The Morgan fingerprint density at radius 1 is 0.654 bits per heavy atom. The number of hydrogen-bond acceptors (Lipinski definition) is 2. The van der Waals surface area contributed by atoms with E-state index in [1.807, 2.05) is 11.8 Å². The van der Waals surface area contributed by atoms with Gasteiger partial charge < -0.3 is 5.32 Å². The van der Waals surface area contributed by atoms with Crippen LogP contribution in [0.2, 0.25) is 0 Å². The van der Waals surface area contributed by atoms with Crippen LogP contribution < -0.4 is 5.32 Å². The molecule has 0 rings (SSSR count). The fourth-order valence-electron chi connectivity index (χ4n) is 3.29. The molecule has 0 aromatic rings. The average Bonchev–Trinajstić information content (AvgIpc) is 2.64. The molecule has 156 valence electrons. The lowest BCUT2D eigenvalue weighted by atomic mass is 10.0. The quantitative estimate of drug-likeness (QED) is 0.207. The molecule has 0 aromatic heterocycles. The largest absolute Gasteiger partial charge is 0.356 e. The fraction of sp³-hybridized carbons (Fsp3) is 0.957. The Balaban J connectivity index is 3.09. The van der Waals surface area contributed by atoms with E-state index in [1.54, 1.807) is 0 Å². The summed E-state index contributed by atoms with van der Waals surface area (Å²) >= 11 is 1.95. The maximum Gasteiger partial charge on any atom is 0.219 e. The van der Waals surface area contributed by atoms with Gasteiger partial charge in [-0.3, -0.25) is 4.79 Å². The van der Waals surface area contributed by atoms with Crippen LogP contribution in [0.15, 0.2) is 0 Å². The van der Waals surface area contributed by atoms with Crippen LogP contribution in [0.3, 0.4) is 0 Å². The number of carbonyl (C=O) groups excluding carboxylic acids is 1. The minimum atomic E-state index is 0.251. The van der Waals surface area contributed by atoms with E-state index >= 15 is 0 Å². The number of thioether (sulfide) groups is 1. The van der Waals surface area contributed by atoms with Crippen LogP contribution in [0.5, 0.6) is 0 Å². The van der Waals surface area contributed by atoms with Gasteiger partial charge in [-0.2, -0.15) is 11.8 Å². The van der Waals surface area contributed by atoms with Crippen LogP contribution >= 0.6 is 11.8 Å². The van der Waals surface area contributed by atoms with Gasteiger partial charge in [-0.15, -0.1) is 0 Å². The topological polar surface area (TPSA) is 29.1 Å². The van der Waals surface area contributed by atoms with E-state index in [9.17, 15) is 4.79 Å². The Morgan fingerprint density at radius 3 is 1.58 bits per heavy atom. The van der Waals surface area contributed by atoms with Crippen molar-refractivity contribution in [2.24, 2.45) is 0 Å². The molecule has 0 atom stereocenters. The number of hydrogen-bond donors (Lipinski definition) is 1. The van der Waals surface area contributed by atoms with E-state index in [0.717, 1.165) is 31.6 Å². The first-order chi connectivity index (χ1) is 12.8. The molecule has 26 heavy (non-hydrogen) atoms. The minimum absolute atomic E-state index is 0.251. The Labute approximate surface area is 169 Å². The van der Waals surface area contributed by atoms with Crippen LogP contribution in [-0.2, 0) is 4.79 Å². The van der Waals surface area contributed by atoms with Gasteiger partial charge in [0.15, 0.2) is 0 Å². The highest BCUT2D eigenvalue weighted by Gasteiger charge is 2.00. The zero-order valence-electron chi connectivity index (χ0n) is 18.0. The van der Waals surface area contributed by atoms with Crippen molar-refractivity contribution in [2.45, 2.75) is 123 Å². The highest BCUT2D eigenvalue weighted by atomic mass is 32.2. The SMILES string of the molecule is CCCCCCCCCCCCCCCCCC(=O)NCCCSCC. The standard InChI is InChI=1S/C23H47NOS/c1-3-5-6-7-8-9-10-11-12-13-14-15-16-17-18-20-23(25)24-21-19-22-26-4-2/h3-22H2,1-2H3,(H,24,25). The molecule has 2 nitrogen and oxygen atoms in total. The van der Waals surface area contributed by atoms with E-state index in [-0.39, 0.29) is 5.91 Å². The molecule has 0 bridgehead atoms. The smallest absolute Gasteiger partial charge is 0.219 e. The van der Waals surface area contributed by atoms with E-state index in [0.29, 0.717) is 0 Å². The molecule has 0 heterocycles. The second-order valence-electron chi connectivity index (χ2n) is 7.60. The third-order valence-electron chi connectivity index (χ3n) is 5.00. The van der Waals surface area contributed by atoms with Crippen molar-refractivity contribution in [3.63, 3.8) is 0 Å². The van der Waals surface area contributed by atoms with Gasteiger partial charge in [0.1, 0.15) is 0 Å². The first kappa shape index (κ1) is 25.8. The van der Waals surface area contributed by atoms with Crippen molar-refractivity contribution in [1.82, 2.24) is 5.32 Å². The molecule has 0 radical (unpaired) electrons. The van der Waals surface area contributed by atoms with Crippen molar-refractivity contribution < 1.29 is 4.79 Å². The molecule has 0 saturated carbocycles. The highest BCUT2D eigenvalue weighted by Crippen LogP contribution is 2.13. The summed E-state index contributed by atoms with van der Waals surface area (Å²) in [4.78, 5) is 11.7. The molecule has 0 aromatic carbocycles. The van der Waals surface area contributed by atoms with Crippen molar-refractivity contribution in [1.29, 1.82) is 0 Å². The predicted molar refractivity (Wildman–Crippen MR) is 120 cm³/mol. The zero-order valence-corrected chi connectivity index (χ0v) is 18.8. The first-order valence-electron chi connectivity index (χ1n) is 11.7. The maximum absolute atomic E-state index is 11.7. The summed E-state index contributed by atoms with van der Waals surface area (Å²) < 4.78 is 0. The Morgan fingerprint density at radius 2 is 1.12 bits per heavy atom. The van der Waals surface area contributed by atoms with Crippen LogP contribution in [-0.4, -0.2) is 24.0 Å². The predicted octanol–water partition coefficient (Wildman–Crippen LogP) is 7.51. The molecular weight excluding hydrogens is 338 g/mol. The Kier molecular flexibility index (Phi) is 22.7. The molecule has 0 fully saturated rings. The highest BCUT2D eigenvalue weighted by molar-refractivity contribution is 7.99. The summed E-state index contributed by atoms with van der Waals surface area (Å²) in [6.45, 7) is 5.32. The number of rotatable bonds is 21. The van der Waals surface area contributed by atoms with Crippen LogP contribution in [0.25, 0.3) is 0 Å². The summed E-state index contributed by atoms with van der Waals surface area (Å²) in [6, 6.07) is 0. The van der Waals surface area contributed by atoms with Crippen molar-refractivity contribution >= 4 is 17.7 Å². The van der Waals surface area contributed by atoms with Crippen LogP contribution in [0, 0.1) is 0 Å². The third-order valence-corrected chi connectivity index (χ3v) is 5.98. The summed E-state index contributed by atoms with van der Waals surface area (Å²) in [6.07, 6.45) is 22.4. The second-order valence-corrected chi connectivity index (χ2v) is 8.99. The van der Waals surface area contributed by atoms with Gasteiger partial charge in [0.25, 0.3) is 0 Å². The first-order valence-corrected chi connectivity index (χ1v) is 12.8. The third kappa shape index (κ3) is 21.9. The Bertz CT molecular complexity index is 283. The lowest BCUT2D eigenvalue weighted by molar-refractivity contribution is -0.121. The zero-order chi connectivity index (χ0) is 19.1. The summed E-state index contributed by atoms with van der Waals surface area (Å²) in [5, 5.41) is 3.04. The molecule has 3 heteroatoms. The van der Waals surface area contributed by atoms with Crippen molar-refractivity contribution in [3.05, 3.63) is 0 Å².